The number of nitrogen functional groups attached to an aromatic ring is 1. The minimum Gasteiger partial charge on any atom is -0.395 e. The highest BCUT2D eigenvalue weighted by molar-refractivity contribution is 5.98. The van der Waals surface area contributed by atoms with Crippen LogP contribution in [0.2, 0.25) is 0 Å². The Morgan fingerprint density at radius 1 is 1.45 bits per heavy atom. The summed E-state index contributed by atoms with van der Waals surface area (Å²) in [5.41, 5.74) is 6.96. The molecule has 0 atom stereocenters. The molecule has 4 N–H and O–H groups in total. The van der Waals surface area contributed by atoms with Gasteiger partial charge in [0.1, 0.15) is 5.69 Å². The number of aryl methyl sites for hydroxylation is 2. The summed E-state index contributed by atoms with van der Waals surface area (Å²) in [4.78, 5) is 12.5. The number of nitrogens with zero attached hydrogens (tertiary/aromatic N) is 2. The lowest BCUT2D eigenvalue weighted by molar-refractivity contribution is 0.0749. The van der Waals surface area contributed by atoms with Gasteiger partial charge in [0, 0.05) is 6.54 Å². The smallest absolute Gasteiger partial charge is 0.272 e. The molecule has 1 aromatic heterocycles. The maximum Gasteiger partial charge on any atom is 0.272 e. The Kier molecular flexibility index (Phi) is 4.32. The summed E-state index contributed by atoms with van der Waals surface area (Å²) in [6.45, 7) is 4.27. The summed E-state index contributed by atoms with van der Waals surface area (Å²) < 4.78 is 1.62. The van der Waals surface area contributed by atoms with Gasteiger partial charge in [-0.15, -0.1) is 0 Å². The number of amides is 1. The van der Waals surface area contributed by atoms with Crippen molar-refractivity contribution in [2.75, 3.05) is 12.3 Å². The van der Waals surface area contributed by atoms with Crippen molar-refractivity contribution in [2.45, 2.75) is 58.0 Å². The minimum atomic E-state index is -0.501. The Bertz CT molecular complexity index is 490. The summed E-state index contributed by atoms with van der Waals surface area (Å²) >= 11 is 0. The first-order valence-electron chi connectivity index (χ1n) is 7.29. The van der Waals surface area contributed by atoms with Crippen molar-refractivity contribution in [3.63, 3.8) is 0 Å². The summed E-state index contributed by atoms with van der Waals surface area (Å²) in [5, 5.41) is 16.9. The number of hydrogen-bond donors (Lipinski definition) is 3. The number of anilines is 1. The van der Waals surface area contributed by atoms with Gasteiger partial charge in [-0.25, -0.2) is 0 Å². The topological polar surface area (TPSA) is 93.2 Å². The van der Waals surface area contributed by atoms with Crippen LogP contribution < -0.4 is 11.1 Å². The Morgan fingerprint density at radius 2 is 2.10 bits per heavy atom. The standard InChI is InChI=1S/C14H24N4O2/c1-3-18-12(11(15)10(2)17-18)13(20)16-14(9-19)7-5-4-6-8-14/h19H,3-9,15H2,1-2H3,(H,16,20). The van der Waals surface area contributed by atoms with Crippen LogP contribution in [0.15, 0.2) is 0 Å². The van der Waals surface area contributed by atoms with E-state index in [1.165, 1.54) is 0 Å². The summed E-state index contributed by atoms with van der Waals surface area (Å²) in [5.74, 6) is -0.235. The Labute approximate surface area is 119 Å². The summed E-state index contributed by atoms with van der Waals surface area (Å²) in [7, 11) is 0. The number of aliphatic hydroxyl groups excluding tert-OH is 1. The van der Waals surface area contributed by atoms with Crippen LogP contribution in [0.4, 0.5) is 5.69 Å². The first kappa shape index (κ1) is 14.8. The quantitative estimate of drug-likeness (QED) is 0.773. The molecule has 0 unspecified atom stereocenters. The van der Waals surface area contributed by atoms with E-state index in [1.807, 2.05) is 6.92 Å². The van der Waals surface area contributed by atoms with Crippen molar-refractivity contribution in [3.8, 4) is 0 Å². The third-order valence-electron chi connectivity index (χ3n) is 4.18. The molecule has 1 fully saturated rings. The number of aliphatic hydroxyl groups is 1. The van der Waals surface area contributed by atoms with Crippen LogP contribution in [-0.2, 0) is 6.54 Å². The normalized spacial score (nSPS) is 17.9. The number of rotatable bonds is 4. The zero-order chi connectivity index (χ0) is 14.8. The lowest BCUT2D eigenvalue weighted by atomic mass is 9.82. The van der Waals surface area contributed by atoms with Gasteiger partial charge >= 0.3 is 0 Å². The molecule has 0 spiro atoms. The number of carbonyl (C=O) groups excluding carboxylic acids is 1. The first-order chi connectivity index (χ1) is 9.53. The Hall–Kier alpha value is -1.56. The van der Waals surface area contributed by atoms with Crippen molar-refractivity contribution in [1.29, 1.82) is 0 Å². The van der Waals surface area contributed by atoms with E-state index in [9.17, 15) is 9.90 Å². The molecule has 1 aliphatic rings. The molecule has 1 aliphatic carbocycles. The van der Waals surface area contributed by atoms with Crippen molar-refractivity contribution in [2.24, 2.45) is 0 Å². The average molecular weight is 280 g/mol. The van der Waals surface area contributed by atoms with Gasteiger partial charge < -0.3 is 16.2 Å². The molecule has 20 heavy (non-hydrogen) atoms. The van der Waals surface area contributed by atoms with Gasteiger partial charge in [0.2, 0.25) is 0 Å². The highest BCUT2D eigenvalue weighted by atomic mass is 16.3. The lowest BCUT2D eigenvalue weighted by Gasteiger charge is -2.36. The number of nitrogens with one attached hydrogen (secondary N) is 1. The van der Waals surface area contributed by atoms with E-state index < -0.39 is 5.54 Å². The van der Waals surface area contributed by atoms with Crippen LogP contribution in [0.25, 0.3) is 0 Å². The second-order valence-electron chi connectivity index (χ2n) is 5.62. The molecule has 1 aromatic rings. The van der Waals surface area contributed by atoms with Crippen LogP contribution in [0, 0.1) is 6.92 Å². The lowest BCUT2D eigenvalue weighted by Crippen LogP contribution is -2.53. The highest BCUT2D eigenvalue weighted by Gasteiger charge is 2.34. The maximum absolute atomic E-state index is 12.5. The second-order valence-corrected chi connectivity index (χ2v) is 5.62. The van der Waals surface area contributed by atoms with E-state index in [4.69, 9.17) is 5.73 Å². The summed E-state index contributed by atoms with van der Waals surface area (Å²) in [6.07, 6.45) is 4.85. The molecule has 1 heterocycles. The Balaban J connectivity index is 2.23. The first-order valence-corrected chi connectivity index (χ1v) is 7.29. The average Bonchev–Trinajstić information content (AvgIpc) is 2.75. The van der Waals surface area contributed by atoms with Crippen molar-refractivity contribution in [1.82, 2.24) is 15.1 Å². The number of aromatic nitrogens is 2. The molecule has 1 amide bonds. The van der Waals surface area contributed by atoms with Crippen molar-refractivity contribution in [3.05, 3.63) is 11.4 Å². The molecule has 0 saturated heterocycles. The van der Waals surface area contributed by atoms with Gasteiger partial charge in [0.15, 0.2) is 0 Å². The predicted octanol–water partition coefficient (Wildman–Crippen LogP) is 1.22. The molecule has 0 radical (unpaired) electrons. The molecule has 6 nitrogen and oxygen atoms in total. The van der Waals surface area contributed by atoms with E-state index in [2.05, 4.69) is 10.4 Å². The van der Waals surface area contributed by atoms with Crippen LogP contribution in [-0.4, -0.2) is 32.9 Å². The third kappa shape index (κ3) is 2.65. The van der Waals surface area contributed by atoms with Gasteiger partial charge in [0.25, 0.3) is 5.91 Å². The zero-order valence-corrected chi connectivity index (χ0v) is 12.3. The molecule has 0 bridgehead atoms. The van der Waals surface area contributed by atoms with Crippen LogP contribution in [0.5, 0.6) is 0 Å². The fourth-order valence-corrected chi connectivity index (χ4v) is 2.91. The predicted molar refractivity (Wildman–Crippen MR) is 77.4 cm³/mol. The number of carbonyl (C=O) groups is 1. The van der Waals surface area contributed by atoms with Crippen LogP contribution >= 0.6 is 0 Å². The van der Waals surface area contributed by atoms with Crippen molar-refractivity contribution >= 4 is 11.6 Å². The third-order valence-corrected chi connectivity index (χ3v) is 4.18. The van der Waals surface area contributed by atoms with Gasteiger partial charge in [-0.3, -0.25) is 9.48 Å². The Morgan fingerprint density at radius 3 is 2.65 bits per heavy atom. The molecule has 1 saturated carbocycles. The van der Waals surface area contributed by atoms with E-state index in [-0.39, 0.29) is 12.5 Å². The SMILES string of the molecule is CCn1nc(C)c(N)c1C(=O)NC1(CO)CCCCC1. The molecule has 0 aromatic carbocycles. The van der Waals surface area contributed by atoms with Gasteiger partial charge in [-0.1, -0.05) is 19.3 Å². The van der Waals surface area contributed by atoms with E-state index in [0.29, 0.717) is 23.6 Å². The summed E-state index contributed by atoms with van der Waals surface area (Å²) in [6, 6.07) is 0. The fraction of sp³-hybridized carbons (Fsp3) is 0.714. The number of hydrogen-bond acceptors (Lipinski definition) is 4. The van der Waals surface area contributed by atoms with Gasteiger partial charge in [-0.2, -0.15) is 5.10 Å². The zero-order valence-electron chi connectivity index (χ0n) is 12.3. The molecule has 0 aliphatic heterocycles. The van der Waals surface area contributed by atoms with Gasteiger partial charge in [0.05, 0.1) is 23.5 Å². The minimum absolute atomic E-state index is 0.0299. The molecule has 2 rings (SSSR count). The monoisotopic (exact) mass is 280 g/mol. The largest absolute Gasteiger partial charge is 0.395 e. The molecule has 6 heteroatoms. The van der Waals surface area contributed by atoms with E-state index in [0.717, 1.165) is 32.1 Å². The van der Waals surface area contributed by atoms with E-state index in [1.54, 1.807) is 11.6 Å². The van der Waals surface area contributed by atoms with Crippen LogP contribution in [0.1, 0.15) is 55.2 Å². The molecular weight excluding hydrogens is 256 g/mol. The molecular formula is C14H24N4O2. The van der Waals surface area contributed by atoms with Gasteiger partial charge in [-0.05, 0) is 26.7 Å². The van der Waals surface area contributed by atoms with Crippen LogP contribution in [0.3, 0.4) is 0 Å². The fourth-order valence-electron chi connectivity index (χ4n) is 2.91. The molecule has 112 valence electrons. The highest BCUT2D eigenvalue weighted by Crippen LogP contribution is 2.28. The van der Waals surface area contributed by atoms with Crippen molar-refractivity contribution < 1.29 is 9.90 Å². The second kappa shape index (κ2) is 5.83. The maximum atomic E-state index is 12.5. The number of nitrogens with two attached hydrogens (primary N) is 1. The van der Waals surface area contributed by atoms with E-state index >= 15 is 0 Å².